The Kier molecular flexibility index (Phi) is 4.67. The van der Waals surface area contributed by atoms with Crippen molar-refractivity contribution in [2.45, 2.75) is 43.9 Å². The van der Waals surface area contributed by atoms with E-state index in [9.17, 15) is 8.42 Å². The predicted molar refractivity (Wildman–Crippen MR) is 107 cm³/mol. The van der Waals surface area contributed by atoms with E-state index in [1.54, 1.807) is 29.4 Å². The van der Waals surface area contributed by atoms with E-state index in [2.05, 4.69) is 19.8 Å². The Labute approximate surface area is 159 Å². The Balaban J connectivity index is 1.62. The van der Waals surface area contributed by atoms with E-state index in [4.69, 9.17) is 0 Å². The van der Waals surface area contributed by atoms with Gasteiger partial charge in [0.2, 0.25) is 5.96 Å². The van der Waals surface area contributed by atoms with Gasteiger partial charge in [-0.15, -0.1) is 4.40 Å². The maximum atomic E-state index is 12.9. The predicted octanol–water partition coefficient (Wildman–Crippen LogP) is 3.07. The van der Waals surface area contributed by atoms with Crippen molar-refractivity contribution in [1.29, 1.82) is 0 Å². The van der Waals surface area contributed by atoms with Gasteiger partial charge in [0.25, 0.3) is 10.0 Å². The van der Waals surface area contributed by atoms with Crippen LogP contribution in [0.2, 0.25) is 0 Å². The maximum absolute atomic E-state index is 12.9. The standard InChI is InChI=1S/C19H25N5O2S/c1-2-20-18(24-14-19(13-22-24)9-4-3-5-10-19)23-27(25,26)16-6-7-17-15(12-16)8-11-21-17/h6-8,11-13,21H,2-5,9-10,14H2,1H3,(H,20,23). The molecule has 1 aromatic carbocycles. The molecular formula is C19H25N5O2S. The van der Waals surface area contributed by atoms with Crippen LogP contribution in [-0.2, 0) is 10.0 Å². The number of benzene rings is 1. The fourth-order valence-electron chi connectivity index (χ4n) is 3.93. The van der Waals surface area contributed by atoms with Crippen molar-refractivity contribution >= 4 is 33.1 Å². The second kappa shape index (κ2) is 6.99. The number of guanidine groups is 1. The lowest BCUT2D eigenvalue weighted by molar-refractivity contribution is 0.253. The summed E-state index contributed by atoms with van der Waals surface area (Å²) in [6.07, 6.45) is 9.64. The molecule has 4 rings (SSSR count). The fourth-order valence-corrected chi connectivity index (χ4v) is 4.94. The van der Waals surface area contributed by atoms with Crippen molar-refractivity contribution < 1.29 is 8.42 Å². The number of aromatic amines is 1. The Bertz CT molecular complexity index is 986. The van der Waals surface area contributed by atoms with Crippen molar-refractivity contribution in [3.63, 3.8) is 0 Å². The van der Waals surface area contributed by atoms with Gasteiger partial charge < -0.3 is 10.3 Å². The zero-order valence-corrected chi connectivity index (χ0v) is 16.3. The number of nitrogens with one attached hydrogen (secondary N) is 2. The highest BCUT2D eigenvalue weighted by molar-refractivity contribution is 7.90. The Morgan fingerprint density at radius 2 is 2.11 bits per heavy atom. The molecule has 1 aromatic heterocycles. The number of hydrazone groups is 1. The summed E-state index contributed by atoms with van der Waals surface area (Å²) in [6, 6.07) is 6.83. The third-order valence-electron chi connectivity index (χ3n) is 5.39. The molecule has 1 saturated carbocycles. The molecule has 2 aromatic rings. The van der Waals surface area contributed by atoms with E-state index in [0.29, 0.717) is 19.0 Å². The molecule has 144 valence electrons. The van der Waals surface area contributed by atoms with Crippen LogP contribution in [0.25, 0.3) is 10.9 Å². The minimum atomic E-state index is -3.83. The average molecular weight is 388 g/mol. The maximum Gasteiger partial charge on any atom is 0.285 e. The normalized spacial score (nSPS) is 19.9. The minimum Gasteiger partial charge on any atom is -0.361 e. The van der Waals surface area contributed by atoms with Crippen molar-refractivity contribution in [2.75, 3.05) is 13.1 Å². The summed E-state index contributed by atoms with van der Waals surface area (Å²) in [5.41, 5.74) is 0.954. The lowest BCUT2D eigenvalue weighted by Crippen LogP contribution is -2.41. The Hall–Kier alpha value is -2.35. The van der Waals surface area contributed by atoms with Gasteiger partial charge in [-0.05, 0) is 44.0 Å². The number of fused-ring (bicyclic) bond motifs is 1. The van der Waals surface area contributed by atoms with Crippen LogP contribution in [0.4, 0.5) is 0 Å². The molecule has 0 bridgehead atoms. The first-order chi connectivity index (χ1) is 13.0. The molecule has 2 heterocycles. The first-order valence-corrected chi connectivity index (χ1v) is 10.9. The molecule has 1 aliphatic carbocycles. The molecule has 8 heteroatoms. The molecule has 27 heavy (non-hydrogen) atoms. The van der Waals surface area contributed by atoms with Crippen LogP contribution in [-0.4, -0.2) is 43.7 Å². The van der Waals surface area contributed by atoms with Gasteiger partial charge in [0.15, 0.2) is 0 Å². The SMILES string of the molecule is CCN/C(=N\S(=O)(=O)c1ccc2[nH]ccc2c1)N1CC2(C=N1)CCCCC2. The van der Waals surface area contributed by atoms with E-state index in [1.807, 2.05) is 19.2 Å². The molecule has 0 amide bonds. The lowest BCUT2D eigenvalue weighted by atomic mass is 9.75. The number of nitrogens with zero attached hydrogens (tertiary/aromatic N) is 3. The third-order valence-corrected chi connectivity index (χ3v) is 6.66. The number of hydrogen-bond acceptors (Lipinski definition) is 3. The average Bonchev–Trinajstić information content (AvgIpc) is 3.28. The molecule has 1 aliphatic heterocycles. The highest BCUT2D eigenvalue weighted by Crippen LogP contribution is 2.38. The van der Waals surface area contributed by atoms with Crippen LogP contribution < -0.4 is 5.32 Å². The number of H-pyrrole nitrogens is 1. The molecule has 1 spiro atoms. The molecule has 0 radical (unpaired) electrons. The highest BCUT2D eigenvalue weighted by atomic mass is 32.2. The monoisotopic (exact) mass is 387 g/mol. The zero-order valence-electron chi connectivity index (χ0n) is 15.5. The molecule has 0 unspecified atom stereocenters. The van der Waals surface area contributed by atoms with Crippen molar-refractivity contribution in [1.82, 2.24) is 15.3 Å². The van der Waals surface area contributed by atoms with Crippen LogP contribution in [0.1, 0.15) is 39.0 Å². The van der Waals surface area contributed by atoms with E-state index >= 15 is 0 Å². The minimum absolute atomic E-state index is 0.0578. The summed E-state index contributed by atoms with van der Waals surface area (Å²) >= 11 is 0. The lowest BCUT2D eigenvalue weighted by Gasteiger charge is -2.31. The zero-order chi connectivity index (χ0) is 18.9. The molecule has 1 fully saturated rings. The van der Waals surface area contributed by atoms with Crippen LogP contribution in [0.3, 0.4) is 0 Å². The summed E-state index contributed by atoms with van der Waals surface area (Å²) in [5.74, 6) is 0.297. The summed E-state index contributed by atoms with van der Waals surface area (Å²) < 4.78 is 29.9. The van der Waals surface area contributed by atoms with Crippen molar-refractivity contribution in [3.05, 3.63) is 30.5 Å². The molecule has 7 nitrogen and oxygen atoms in total. The Morgan fingerprint density at radius 1 is 1.30 bits per heavy atom. The van der Waals surface area contributed by atoms with Gasteiger partial charge >= 0.3 is 0 Å². The first-order valence-electron chi connectivity index (χ1n) is 9.50. The molecule has 0 atom stereocenters. The third kappa shape index (κ3) is 3.58. The van der Waals surface area contributed by atoms with Crippen LogP contribution in [0.5, 0.6) is 0 Å². The van der Waals surface area contributed by atoms with E-state index in [0.717, 1.165) is 23.7 Å². The van der Waals surface area contributed by atoms with Crippen LogP contribution >= 0.6 is 0 Å². The Morgan fingerprint density at radius 3 is 2.89 bits per heavy atom. The van der Waals surface area contributed by atoms with Gasteiger partial charge in [-0.25, -0.2) is 5.01 Å². The number of rotatable bonds is 3. The van der Waals surface area contributed by atoms with Crippen molar-refractivity contribution in [3.8, 4) is 0 Å². The summed E-state index contributed by atoms with van der Waals surface area (Å²) in [4.78, 5) is 3.25. The van der Waals surface area contributed by atoms with Gasteiger partial charge in [0, 0.05) is 35.3 Å². The molecule has 0 saturated heterocycles. The van der Waals surface area contributed by atoms with Gasteiger partial charge in [-0.2, -0.15) is 13.5 Å². The van der Waals surface area contributed by atoms with Gasteiger partial charge in [0.1, 0.15) is 0 Å². The van der Waals surface area contributed by atoms with E-state index < -0.39 is 10.0 Å². The number of aromatic nitrogens is 1. The molecule has 2 aliphatic rings. The van der Waals surface area contributed by atoms with Gasteiger partial charge in [0.05, 0.1) is 11.4 Å². The smallest absolute Gasteiger partial charge is 0.285 e. The topological polar surface area (TPSA) is 89.9 Å². The van der Waals surface area contributed by atoms with Gasteiger partial charge in [-0.1, -0.05) is 19.3 Å². The summed E-state index contributed by atoms with van der Waals surface area (Å²) in [7, 11) is -3.83. The highest BCUT2D eigenvalue weighted by Gasteiger charge is 2.38. The van der Waals surface area contributed by atoms with E-state index in [-0.39, 0.29) is 10.3 Å². The first kappa shape index (κ1) is 18.0. The molecule has 2 N–H and O–H groups in total. The second-order valence-corrected chi connectivity index (χ2v) is 8.98. The van der Waals surface area contributed by atoms with Crippen molar-refractivity contribution in [2.24, 2.45) is 14.9 Å². The second-order valence-electron chi connectivity index (χ2n) is 7.37. The van der Waals surface area contributed by atoms with Gasteiger partial charge in [-0.3, -0.25) is 0 Å². The molecular weight excluding hydrogens is 362 g/mol. The number of sulfonamides is 1. The quantitative estimate of drug-likeness (QED) is 0.626. The van der Waals surface area contributed by atoms with E-state index in [1.165, 1.54) is 19.3 Å². The van der Waals surface area contributed by atoms with Crippen LogP contribution in [0.15, 0.2) is 44.9 Å². The summed E-state index contributed by atoms with van der Waals surface area (Å²) in [6.45, 7) is 3.18. The summed E-state index contributed by atoms with van der Waals surface area (Å²) in [5, 5.41) is 10.1. The fraction of sp³-hybridized carbons (Fsp3) is 0.474. The number of hydrogen-bond donors (Lipinski definition) is 2. The van der Waals surface area contributed by atoms with Crippen LogP contribution in [0, 0.1) is 5.41 Å². The largest absolute Gasteiger partial charge is 0.361 e.